The largest absolute Gasteiger partial charge is 0.343 e. The van der Waals surface area contributed by atoms with Crippen LogP contribution in [-0.2, 0) is 7.05 Å². The van der Waals surface area contributed by atoms with Crippen molar-refractivity contribution in [3.8, 4) is 0 Å². The molecular weight excluding hydrogens is 350 g/mol. The fourth-order valence-corrected chi connectivity index (χ4v) is 4.98. The third-order valence-electron chi connectivity index (χ3n) is 6.23. The number of hydrogen-bond donors (Lipinski definition) is 0. The molecule has 29 heavy (non-hydrogen) atoms. The Labute approximate surface area is 173 Å². The van der Waals surface area contributed by atoms with Crippen molar-refractivity contribution in [3.63, 3.8) is 0 Å². The van der Waals surface area contributed by atoms with Gasteiger partial charge in [0.05, 0.1) is 5.52 Å². The van der Waals surface area contributed by atoms with E-state index >= 15 is 0 Å². The number of fused-ring (bicyclic) bond motifs is 3. The summed E-state index contributed by atoms with van der Waals surface area (Å²) >= 11 is 0. The molecule has 0 bridgehead atoms. The Hall–Kier alpha value is -3.06. The number of nitrogens with zero attached hydrogens (tertiary/aromatic N) is 1. The number of allylic oxidation sites excluding steroid dienone is 6. The van der Waals surface area contributed by atoms with Crippen LogP contribution in [0.25, 0.3) is 40.0 Å². The van der Waals surface area contributed by atoms with Gasteiger partial charge in [0.1, 0.15) is 0 Å². The average Bonchev–Trinajstić information content (AvgIpc) is 3.14. The normalized spacial score (nSPS) is 17.2. The maximum Gasteiger partial charge on any atom is 0.0577 e. The second-order valence-corrected chi connectivity index (χ2v) is 8.04. The molecular formula is C28H29N. The van der Waals surface area contributed by atoms with Gasteiger partial charge in [0, 0.05) is 28.6 Å². The average molecular weight is 380 g/mol. The monoisotopic (exact) mass is 379 g/mol. The van der Waals surface area contributed by atoms with E-state index in [0.29, 0.717) is 0 Å². The van der Waals surface area contributed by atoms with Gasteiger partial charge in [-0.25, -0.2) is 0 Å². The van der Waals surface area contributed by atoms with Gasteiger partial charge in [-0.15, -0.1) is 0 Å². The van der Waals surface area contributed by atoms with Gasteiger partial charge in [0.2, 0.25) is 0 Å². The van der Waals surface area contributed by atoms with Crippen LogP contribution in [0.5, 0.6) is 0 Å². The first-order valence-electron chi connectivity index (χ1n) is 10.3. The summed E-state index contributed by atoms with van der Waals surface area (Å²) in [6.07, 6.45) is 9.59. The SMILES string of the molecule is C=C1CC(C)=C(/C=C\C)/C1=c1/c(=C)c(/C=C\C)c(C)c2c3ccccc3n(C)c12. The molecule has 0 saturated heterocycles. The van der Waals surface area contributed by atoms with Crippen molar-refractivity contribution in [1.82, 2.24) is 4.57 Å². The molecule has 4 rings (SSSR count). The molecule has 1 heteroatoms. The summed E-state index contributed by atoms with van der Waals surface area (Å²) in [7, 11) is 2.17. The van der Waals surface area contributed by atoms with Crippen molar-refractivity contribution in [3.05, 3.63) is 87.4 Å². The molecule has 146 valence electrons. The van der Waals surface area contributed by atoms with Crippen LogP contribution in [-0.4, -0.2) is 4.57 Å². The minimum absolute atomic E-state index is 0.923. The van der Waals surface area contributed by atoms with Crippen molar-refractivity contribution in [2.75, 3.05) is 0 Å². The van der Waals surface area contributed by atoms with Gasteiger partial charge >= 0.3 is 0 Å². The van der Waals surface area contributed by atoms with Gasteiger partial charge in [-0.05, 0) is 73.2 Å². The number of aromatic nitrogens is 1. The molecule has 0 fully saturated rings. The van der Waals surface area contributed by atoms with E-state index in [9.17, 15) is 0 Å². The minimum atomic E-state index is 0.923. The van der Waals surface area contributed by atoms with Gasteiger partial charge in [-0.3, -0.25) is 0 Å². The molecule has 0 atom stereocenters. The molecule has 1 nitrogen and oxygen atoms in total. The summed E-state index contributed by atoms with van der Waals surface area (Å²) in [6.45, 7) is 17.6. The Morgan fingerprint density at radius 2 is 1.69 bits per heavy atom. The van der Waals surface area contributed by atoms with Crippen LogP contribution >= 0.6 is 0 Å². The first-order chi connectivity index (χ1) is 13.9. The molecule has 0 amide bonds. The van der Waals surface area contributed by atoms with E-state index in [1.807, 2.05) is 0 Å². The van der Waals surface area contributed by atoms with E-state index < -0.39 is 0 Å². The highest BCUT2D eigenvalue weighted by atomic mass is 14.9. The maximum atomic E-state index is 4.59. The Bertz CT molecular complexity index is 1380. The smallest absolute Gasteiger partial charge is 0.0577 e. The molecule has 0 aliphatic heterocycles. The molecule has 0 radical (unpaired) electrons. The molecule has 1 heterocycles. The molecule has 1 aliphatic carbocycles. The molecule has 0 unspecified atom stereocenters. The Morgan fingerprint density at radius 1 is 1.00 bits per heavy atom. The van der Waals surface area contributed by atoms with Gasteiger partial charge in [0.25, 0.3) is 0 Å². The van der Waals surface area contributed by atoms with Crippen molar-refractivity contribution >= 4 is 40.0 Å². The van der Waals surface area contributed by atoms with E-state index in [4.69, 9.17) is 0 Å². The lowest BCUT2D eigenvalue weighted by Crippen LogP contribution is -2.32. The summed E-state index contributed by atoms with van der Waals surface area (Å²) in [5.41, 5.74) is 10.1. The summed E-state index contributed by atoms with van der Waals surface area (Å²) in [4.78, 5) is 0. The first-order valence-corrected chi connectivity index (χ1v) is 10.3. The quantitative estimate of drug-likeness (QED) is 0.508. The molecule has 0 saturated carbocycles. The second-order valence-electron chi connectivity index (χ2n) is 8.04. The van der Waals surface area contributed by atoms with Crippen LogP contribution in [0.4, 0.5) is 0 Å². The van der Waals surface area contributed by atoms with Crippen molar-refractivity contribution < 1.29 is 0 Å². The standard InChI is InChI=1S/C28H29N/c1-8-12-21-17(3)16-18(4)25(21)27-20(6)22(13-9-2)19(5)26-23-14-10-11-15-24(23)29(7)28(26)27/h8-15H,4,6,16H2,1-3,5,7H3/b12-8-,13-9-,27-25-. The minimum Gasteiger partial charge on any atom is -0.343 e. The highest BCUT2D eigenvalue weighted by Gasteiger charge is 2.23. The van der Waals surface area contributed by atoms with Crippen molar-refractivity contribution in [1.29, 1.82) is 0 Å². The predicted molar refractivity (Wildman–Crippen MR) is 129 cm³/mol. The summed E-state index contributed by atoms with van der Waals surface area (Å²) in [6, 6.07) is 8.69. The van der Waals surface area contributed by atoms with Crippen LogP contribution in [0.15, 0.2) is 65.8 Å². The zero-order valence-electron chi connectivity index (χ0n) is 18.2. The fourth-order valence-electron chi connectivity index (χ4n) is 4.98. The molecule has 2 aromatic carbocycles. The number of aryl methyl sites for hydroxylation is 2. The molecule has 0 spiro atoms. The van der Waals surface area contributed by atoms with E-state index in [1.165, 1.54) is 60.4 Å². The highest BCUT2D eigenvalue weighted by Crippen LogP contribution is 2.37. The first kappa shape index (κ1) is 19.3. The second kappa shape index (κ2) is 7.08. The van der Waals surface area contributed by atoms with Gasteiger partial charge in [0.15, 0.2) is 0 Å². The third kappa shape index (κ3) is 2.68. The van der Waals surface area contributed by atoms with Crippen LogP contribution < -0.4 is 10.4 Å². The van der Waals surface area contributed by atoms with Crippen LogP contribution in [0, 0.1) is 6.92 Å². The number of benzene rings is 2. The summed E-state index contributed by atoms with van der Waals surface area (Å²) in [5, 5.41) is 4.94. The van der Waals surface area contributed by atoms with Crippen molar-refractivity contribution in [2.45, 2.75) is 34.1 Å². The lowest BCUT2D eigenvalue weighted by molar-refractivity contribution is 1.01. The van der Waals surface area contributed by atoms with Crippen LogP contribution in [0.1, 0.15) is 38.3 Å². The van der Waals surface area contributed by atoms with E-state index in [0.717, 1.165) is 11.6 Å². The third-order valence-corrected chi connectivity index (χ3v) is 6.23. The van der Waals surface area contributed by atoms with E-state index in [2.05, 4.69) is 101 Å². The Kier molecular flexibility index (Phi) is 4.70. The number of rotatable bonds is 2. The predicted octanol–water partition coefficient (Wildman–Crippen LogP) is 6.09. The Balaban J connectivity index is 2.43. The molecule has 1 aromatic heterocycles. The summed E-state index contributed by atoms with van der Waals surface area (Å²) in [5.74, 6) is 0. The lowest BCUT2D eigenvalue weighted by atomic mass is 9.93. The number of para-hydroxylation sites is 1. The zero-order chi connectivity index (χ0) is 20.9. The summed E-state index contributed by atoms with van der Waals surface area (Å²) < 4.78 is 2.34. The maximum absolute atomic E-state index is 4.59. The van der Waals surface area contributed by atoms with Crippen molar-refractivity contribution in [2.24, 2.45) is 7.05 Å². The van der Waals surface area contributed by atoms with Gasteiger partial charge in [-0.2, -0.15) is 0 Å². The highest BCUT2D eigenvalue weighted by molar-refractivity contribution is 6.11. The fraction of sp³-hybridized carbons (Fsp3) is 0.214. The molecule has 0 N–H and O–H groups in total. The zero-order valence-corrected chi connectivity index (χ0v) is 18.2. The lowest BCUT2D eigenvalue weighted by Gasteiger charge is -2.12. The van der Waals surface area contributed by atoms with Gasteiger partial charge < -0.3 is 4.57 Å². The van der Waals surface area contributed by atoms with Crippen LogP contribution in [0.2, 0.25) is 0 Å². The van der Waals surface area contributed by atoms with Crippen LogP contribution in [0.3, 0.4) is 0 Å². The number of hydrogen-bond acceptors (Lipinski definition) is 0. The van der Waals surface area contributed by atoms with E-state index in [-0.39, 0.29) is 0 Å². The topological polar surface area (TPSA) is 4.93 Å². The van der Waals surface area contributed by atoms with Gasteiger partial charge in [-0.1, -0.05) is 61.2 Å². The molecule has 3 aromatic rings. The Morgan fingerprint density at radius 3 is 2.38 bits per heavy atom. The molecule has 1 aliphatic rings. The van der Waals surface area contributed by atoms with E-state index in [1.54, 1.807) is 0 Å².